The Hall–Kier alpha value is -1.23. The lowest BCUT2D eigenvalue weighted by atomic mass is 9.84. The first kappa shape index (κ1) is 9.85. The maximum Gasteiger partial charge on any atom is 0.210 e. The van der Waals surface area contributed by atoms with Gasteiger partial charge < -0.3 is 4.52 Å². The smallest absolute Gasteiger partial charge is 0.210 e. The average molecular weight is 176 g/mol. The van der Waals surface area contributed by atoms with Crippen molar-refractivity contribution in [1.29, 1.82) is 0 Å². The summed E-state index contributed by atoms with van der Waals surface area (Å²) in [5, 5.41) is 3.90. The molecule has 0 unspecified atom stereocenters. The molecule has 0 aliphatic heterocycles. The highest BCUT2D eigenvalue weighted by Crippen LogP contribution is 2.28. The molecule has 0 fully saturated rings. The van der Waals surface area contributed by atoms with Gasteiger partial charge >= 0.3 is 0 Å². The predicted molar refractivity (Wildman–Crippen MR) is 51.3 cm³/mol. The van der Waals surface area contributed by atoms with E-state index < -0.39 is 0 Å². The second-order valence-electron chi connectivity index (χ2n) is 3.97. The molecule has 0 aliphatic rings. The molecule has 0 saturated carbocycles. The van der Waals surface area contributed by atoms with Crippen LogP contribution in [0.25, 0.3) is 0 Å². The van der Waals surface area contributed by atoms with Crippen LogP contribution in [0.5, 0.6) is 0 Å². The molecule has 0 spiro atoms. The van der Waals surface area contributed by atoms with Crippen LogP contribution in [0.4, 0.5) is 0 Å². The molecule has 1 aromatic rings. The van der Waals surface area contributed by atoms with Crippen molar-refractivity contribution in [3.8, 4) is 12.3 Å². The van der Waals surface area contributed by atoms with E-state index in [1.54, 1.807) is 0 Å². The quantitative estimate of drug-likeness (QED) is 0.647. The normalized spacial score (nSPS) is 11.7. The Morgan fingerprint density at radius 2 is 2.15 bits per heavy atom. The summed E-state index contributed by atoms with van der Waals surface area (Å²) in [7, 11) is 0. The number of hydrogen-bond acceptors (Lipinski definition) is 2. The maximum absolute atomic E-state index is 5.43. The molecule has 0 atom stereocenters. The number of hydrogen-bond donors (Lipinski definition) is 0. The van der Waals surface area contributed by atoms with E-state index in [-0.39, 0.29) is 5.41 Å². The lowest BCUT2D eigenvalue weighted by molar-refractivity contribution is 0.401. The van der Waals surface area contributed by atoms with Crippen molar-refractivity contribution in [3.05, 3.63) is 17.5 Å². The first-order chi connectivity index (χ1) is 5.99. The predicted octanol–water partition coefficient (Wildman–Crippen LogP) is 2.51. The summed E-state index contributed by atoms with van der Waals surface area (Å²) in [4.78, 5) is 0. The van der Waals surface area contributed by atoms with E-state index >= 15 is 0 Å². The van der Waals surface area contributed by atoms with Gasteiger partial charge in [-0.1, -0.05) is 24.9 Å². The van der Waals surface area contributed by atoms with Gasteiger partial charge in [0.25, 0.3) is 0 Å². The number of aromatic nitrogens is 1. The van der Waals surface area contributed by atoms with Gasteiger partial charge in [-0.15, -0.1) is 6.42 Å². The standard InChI is InChI=1S/C11H14NO/c1-6-11(4,5)9-7-13-12-10(9)8(2)3/h1,8H,2-5H3. The van der Waals surface area contributed by atoms with Crippen molar-refractivity contribution in [1.82, 2.24) is 5.16 Å². The molecule has 0 saturated heterocycles. The van der Waals surface area contributed by atoms with Crippen molar-refractivity contribution >= 4 is 0 Å². The van der Waals surface area contributed by atoms with Crippen molar-refractivity contribution in [2.45, 2.75) is 39.0 Å². The molecule has 0 aliphatic carbocycles. The monoisotopic (exact) mass is 176 g/mol. The first-order valence-corrected chi connectivity index (χ1v) is 4.34. The van der Waals surface area contributed by atoms with Gasteiger partial charge in [-0.25, -0.2) is 0 Å². The van der Waals surface area contributed by atoms with Crippen LogP contribution in [0, 0.1) is 18.6 Å². The van der Waals surface area contributed by atoms with Crippen LogP contribution in [0.2, 0.25) is 0 Å². The lowest BCUT2D eigenvalue weighted by Gasteiger charge is -2.16. The molecule has 2 heteroatoms. The largest absolute Gasteiger partial charge is 0.352 e. The average Bonchev–Trinajstić information content (AvgIpc) is 2.52. The minimum Gasteiger partial charge on any atom is -0.352 e. The molecule has 69 valence electrons. The molecule has 0 aromatic carbocycles. The van der Waals surface area contributed by atoms with E-state index in [4.69, 9.17) is 10.9 Å². The minimum atomic E-state index is -0.348. The van der Waals surface area contributed by atoms with Gasteiger partial charge in [-0.05, 0) is 19.8 Å². The third-order valence-electron chi connectivity index (χ3n) is 2.08. The van der Waals surface area contributed by atoms with Gasteiger partial charge in [0.05, 0.1) is 11.1 Å². The Kier molecular flexibility index (Phi) is 2.47. The molecule has 1 rings (SSSR count). The van der Waals surface area contributed by atoms with Crippen LogP contribution in [0.1, 0.15) is 44.9 Å². The van der Waals surface area contributed by atoms with Crippen LogP contribution in [0.15, 0.2) is 4.52 Å². The van der Waals surface area contributed by atoms with Crippen LogP contribution in [0.3, 0.4) is 0 Å². The molecule has 0 amide bonds. The van der Waals surface area contributed by atoms with Crippen LogP contribution >= 0.6 is 0 Å². The lowest BCUT2D eigenvalue weighted by Crippen LogP contribution is -2.16. The second-order valence-corrected chi connectivity index (χ2v) is 3.97. The van der Waals surface area contributed by atoms with Crippen molar-refractivity contribution in [2.24, 2.45) is 0 Å². The molecule has 1 radical (unpaired) electrons. The van der Waals surface area contributed by atoms with E-state index in [1.807, 2.05) is 13.8 Å². The molecular formula is C11H14NO. The summed E-state index contributed by atoms with van der Waals surface area (Å²) in [6, 6.07) is 0. The van der Waals surface area contributed by atoms with Crippen molar-refractivity contribution in [3.63, 3.8) is 0 Å². The summed E-state index contributed by atoms with van der Waals surface area (Å²) >= 11 is 0. The maximum atomic E-state index is 5.43. The van der Waals surface area contributed by atoms with Gasteiger partial charge in [0, 0.05) is 5.56 Å². The van der Waals surface area contributed by atoms with E-state index in [2.05, 4.69) is 31.2 Å². The number of terminal acetylenes is 1. The second kappa shape index (κ2) is 3.26. The summed E-state index contributed by atoms with van der Waals surface area (Å²) in [6.07, 6.45) is 8.18. The van der Waals surface area contributed by atoms with Gasteiger partial charge in [-0.3, -0.25) is 0 Å². The van der Waals surface area contributed by atoms with Gasteiger partial charge in [0.1, 0.15) is 0 Å². The van der Waals surface area contributed by atoms with E-state index in [1.165, 1.54) is 0 Å². The SMILES string of the molecule is C#CC(C)(C)c1[c]onc1C(C)C. The zero-order chi connectivity index (χ0) is 10.1. The molecule has 0 N–H and O–H groups in total. The van der Waals surface area contributed by atoms with Crippen molar-refractivity contribution in [2.75, 3.05) is 0 Å². The van der Waals surface area contributed by atoms with Crippen LogP contribution in [-0.4, -0.2) is 5.16 Å². The van der Waals surface area contributed by atoms with Crippen LogP contribution < -0.4 is 0 Å². The summed E-state index contributed by atoms with van der Waals surface area (Å²) in [5.74, 6) is 3.02. The van der Waals surface area contributed by atoms with Gasteiger partial charge in [0.15, 0.2) is 0 Å². The highest BCUT2D eigenvalue weighted by atomic mass is 16.5. The first-order valence-electron chi connectivity index (χ1n) is 4.34. The van der Waals surface area contributed by atoms with Crippen LogP contribution in [-0.2, 0) is 5.41 Å². The fourth-order valence-corrected chi connectivity index (χ4v) is 1.13. The topological polar surface area (TPSA) is 26.0 Å². The van der Waals surface area contributed by atoms with Gasteiger partial charge in [-0.2, -0.15) is 0 Å². The summed E-state index contributed by atoms with van der Waals surface area (Å²) in [6.45, 7) is 8.04. The molecule has 2 nitrogen and oxygen atoms in total. The van der Waals surface area contributed by atoms with E-state index in [9.17, 15) is 0 Å². The Balaban J connectivity index is 3.16. The highest BCUT2D eigenvalue weighted by Gasteiger charge is 2.26. The molecule has 1 heterocycles. The third kappa shape index (κ3) is 1.75. The Labute approximate surface area is 79.3 Å². The molecular weight excluding hydrogens is 162 g/mol. The summed E-state index contributed by atoms with van der Waals surface area (Å²) in [5.41, 5.74) is 1.45. The minimum absolute atomic E-state index is 0.317. The molecule has 13 heavy (non-hydrogen) atoms. The Morgan fingerprint density at radius 3 is 2.62 bits per heavy atom. The zero-order valence-electron chi connectivity index (χ0n) is 8.51. The number of nitrogens with zero attached hydrogens (tertiary/aromatic N) is 1. The Morgan fingerprint density at radius 1 is 1.54 bits per heavy atom. The van der Waals surface area contributed by atoms with Crippen molar-refractivity contribution < 1.29 is 4.52 Å². The number of rotatable bonds is 2. The molecule has 0 bridgehead atoms. The van der Waals surface area contributed by atoms with E-state index in [0.717, 1.165) is 11.3 Å². The van der Waals surface area contributed by atoms with E-state index in [0.29, 0.717) is 5.92 Å². The third-order valence-corrected chi connectivity index (χ3v) is 2.08. The summed E-state index contributed by atoms with van der Waals surface area (Å²) < 4.78 is 4.82. The fourth-order valence-electron chi connectivity index (χ4n) is 1.13. The fraction of sp³-hybridized carbons (Fsp3) is 0.545. The zero-order valence-corrected chi connectivity index (χ0v) is 8.51. The molecule has 1 aromatic heterocycles. The highest BCUT2D eigenvalue weighted by molar-refractivity contribution is 5.33. The Bertz CT molecular complexity index is 328. The van der Waals surface area contributed by atoms with Gasteiger partial charge in [0.2, 0.25) is 6.26 Å².